The predicted octanol–water partition coefficient (Wildman–Crippen LogP) is 0.321. The van der Waals surface area contributed by atoms with Crippen molar-refractivity contribution in [3.05, 3.63) is 29.6 Å². The Morgan fingerprint density at radius 3 is 3.12 bits per heavy atom. The average molecular weight is 230 g/mol. The Morgan fingerprint density at radius 2 is 2.53 bits per heavy atom. The fourth-order valence-electron chi connectivity index (χ4n) is 1.82. The molecule has 0 aliphatic carbocycles. The Labute approximate surface area is 99.9 Å². The Hall–Kier alpha value is -1.93. The van der Waals surface area contributed by atoms with E-state index in [4.69, 9.17) is 5.26 Å². The molecule has 1 amide bonds. The van der Waals surface area contributed by atoms with Gasteiger partial charge in [0.25, 0.3) is 0 Å². The molecule has 2 N–H and O–H groups in total. The van der Waals surface area contributed by atoms with Gasteiger partial charge in [-0.3, -0.25) is 4.79 Å². The molecule has 1 aliphatic rings. The molecule has 88 valence electrons. The molecule has 0 radical (unpaired) electrons. The predicted molar refractivity (Wildman–Crippen MR) is 61.8 cm³/mol. The van der Waals surface area contributed by atoms with E-state index in [1.165, 1.54) is 0 Å². The molecule has 1 aromatic rings. The Bertz CT molecular complexity index is 429. The lowest BCUT2D eigenvalue weighted by Gasteiger charge is -2.10. The fraction of sp³-hybridized carbons (Fsp3) is 0.417. The van der Waals surface area contributed by atoms with Crippen molar-refractivity contribution in [1.82, 2.24) is 15.6 Å². The van der Waals surface area contributed by atoms with Crippen LogP contribution in [0.4, 0.5) is 0 Å². The Morgan fingerprint density at radius 1 is 1.65 bits per heavy atom. The van der Waals surface area contributed by atoms with Gasteiger partial charge in [-0.15, -0.1) is 0 Å². The van der Waals surface area contributed by atoms with Crippen molar-refractivity contribution in [3.63, 3.8) is 0 Å². The lowest BCUT2D eigenvalue weighted by molar-refractivity contribution is -0.122. The molecule has 5 heteroatoms. The number of aromatic nitrogens is 1. The van der Waals surface area contributed by atoms with E-state index in [-0.39, 0.29) is 11.9 Å². The zero-order chi connectivity index (χ0) is 12.1. The van der Waals surface area contributed by atoms with Gasteiger partial charge in [-0.2, -0.15) is 5.26 Å². The molecular weight excluding hydrogens is 216 g/mol. The molecule has 1 aromatic heterocycles. The number of carbonyl (C=O) groups excluding carboxylic acids is 1. The van der Waals surface area contributed by atoms with Gasteiger partial charge in [0.05, 0.1) is 6.04 Å². The van der Waals surface area contributed by atoms with Gasteiger partial charge in [0.15, 0.2) is 0 Å². The quantitative estimate of drug-likeness (QED) is 0.784. The normalized spacial score (nSPS) is 18.6. The summed E-state index contributed by atoms with van der Waals surface area (Å²) >= 11 is 0. The highest BCUT2D eigenvalue weighted by Gasteiger charge is 2.21. The second-order valence-electron chi connectivity index (χ2n) is 4.03. The van der Waals surface area contributed by atoms with Crippen molar-refractivity contribution in [2.45, 2.75) is 25.4 Å². The topological polar surface area (TPSA) is 77.8 Å². The number of rotatable bonds is 3. The first kappa shape index (κ1) is 11.6. The maximum absolute atomic E-state index is 11.7. The summed E-state index contributed by atoms with van der Waals surface area (Å²) in [6.07, 6.45) is 3.56. The van der Waals surface area contributed by atoms with Crippen molar-refractivity contribution in [1.29, 1.82) is 5.26 Å². The minimum atomic E-state index is -0.0543. The van der Waals surface area contributed by atoms with E-state index < -0.39 is 0 Å². The minimum Gasteiger partial charge on any atom is -0.351 e. The van der Waals surface area contributed by atoms with E-state index in [1.807, 2.05) is 6.07 Å². The van der Waals surface area contributed by atoms with Gasteiger partial charge in [-0.05, 0) is 31.0 Å². The van der Waals surface area contributed by atoms with Gasteiger partial charge >= 0.3 is 0 Å². The first-order valence-electron chi connectivity index (χ1n) is 5.66. The number of hydrogen-bond acceptors (Lipinski definition) is 4. The molecule has 0 unspecified atom stereocenters. The van der Waals surface area contributed by atoms with Crippen LogP contribution in [0.3, 0.4) is 0 Å². The van der Waals surface area contributed by atoms with Crippen molar-refractivity contribution in [2.75, 3.05) is 6.54 Å². The van der Waals surface area contributed by atoms with Gasteiger partial charge in [-0.25, -0.2) is 4.98 Å². The molecule has 2 heterocycles. The molecule has 1 saturated heterocycles. The van der Waals surface area contributed by atoms with Crippen molar-refractivity contribution in [3.8, 4) is 6.07 Å². The molecule has 1 atom stereocenters. The zero-order valence-electron chi connectivity index (χ0n) is 9.44. The van der Waals surface area contributed by atoms with Crippen LogP contribution in [0.25, 0.3) is 0 Å². The Balaban J connectivity index is 1.84. The van der Waals surface area contributed by atoms with Gasteiger partial charge in [0.1, 0.15) is 11.8 Å². The lowest BCUT2D eigenvalue weighted by atomic mass is 10.2. The number of nitrogens with zero attached hydrogens (tertiary/aromatic N) is 2. The summed E-state index contributed by atoms with van der Waals surface area (Å²) in [5.41, 5.74) is 1.29. The van der Waals surface area contributed by atoms with Crippen LogP contribution in [-0.2, 0) is 11.3 Å². The highest BCUT2D eigenvalue weighted by molar-refractivity contribution is 5.81. The number of nitriles is 1. The summed E-state index contributed by atoms with van der Waals surface area (Å²) in [5, 5.41) is 14.6. The van der Waals surface area contributed by atoms with E-state index in [2.05, 4.69) is 15.6 Å². The number of carbonyl (C=O) groups is 1. The van der Waals surface area contributed by atoms with Crippen LogP contribution in [0.15, 0.2) is 18.3 Å². The molecule has 0 aromatic carbocycles. The van der Waals surface area contributed by atoms with Crippen LogP contribution >= 0.6 is 0 Å². The highest BCUT2D eigenvalue weighted by Crippen LogP contribution is 2.05. The standard InChI is InChI=1S/C12H14N4O/c13-6-10-4-3-9(7-15-10)8-16-12(17)11-2-1-5-14-11/h3-4,7,11,14H,1-2,5,8H2,(H,16,17)/t11-/m0/s1. The number of hydrogen-bond donors (Lipinski definition) is 2. The number of amides is 1. The third-order valence-corrected chi connectivity index (χ3v) is 2.78. The van der Waals surface area contributed by atoms with Gasteiger partial charge < -0.3 is 10.6 Å². The van der Waals surface area contributed by atoms with Crippen LogP contribution in [0.5, 0.6) is 0 Å². The van der Waals surface area contributed by atoms with E-state index in [0.717, 1.165) is 24.9 Å². The summed E-state index contributed by atoms with van der Waals surface area (Å²) in [5.74, 6) is 0.0341. The van der Waals surface area contributed by atoms with Crippen LogP contribution in [0.2, 0.25) is 0 Å². The molecule has 2 rings (SSSR count). The van der Waals surface area contributed by atoms with E-state index >= 15 is 0 Å². The molecule has 0 saturated carbocycles. The first-order chi connectivity index (χ1) is 8.29. The molecular formula is C12H14N4O. The summed E-state index contributed by atoms with van der Waals surface area (Å²) < 4.78 is 0. The van der Waals surface area contributed by atoms with Gasteiger partial charge in [0, 0.05) is 12.7 Å². The van der Waals surface area contributed by atoms with Crippen LogP contribution in [0.1, 0.15) is 24.1 Å². The van der Waals surface area contributed by atoms with Crippen LogP contribution in [0, 0.1) is 11.3 Å². The van der Waals surface area contributed by atoms with Crippen molar-refractivity contribution < 1.29 is 4.79 Å². The average Bonchev–Trinajstić information content (AvgIpc) is 2.90. The molecule has 1 fully saturated rings. The zero-order valence-corrected chi connectivity index (χ0v) is 9.44. The summed E-state index contributed by atoms with van der Waals surface area (Å²) in [7, 11) is 0. The van der Waals surface area contributed by atoms with Crippen molar-refractivity contribution in [2.24, 2.45) is 0 Å². The minimum absolute atomic E-state index is 0.0341. The molecule has 0 bridgehead atoms. The molecule has 0 spiro atoms. The highest BCUT2D eigenvalue weighted by atomic mass is 16.2. The Kier molecular flexibility index (Phi) is 3.68. The monoisotopic (exact) mass is 230 g/mol. The summed E-state index contributed by atoms with van der Waals surface area (Å²) in [6.45, 7) is 1.37. The second-order valence-corrected chi connectivity index (χ2v) is 4.03. The second kappa shape index (κ2) is 5.41. The molecule has 17 heavy (non-hydrogen) atoms. The lowest BCUT2D eigenvalue weighted by Crippen LogP contribution is -2.40. The largest absolute Gasteiger partial charge is 0.351 e. The smallest absolute Gasteiger partial charge is 0.237 e. The maximum atomic E-state index is 11.7. The SMILES string of the molecule is N#Cc1ccc(CNC(=O)[C@@H]2CCCN2)cn1. The van der Waals surface area contributed by atoms with Crippen LogP contribution in [-0.4, -0.2) is 23.5 Å². The van der Waals surface area contributed by atoms with Gasteiger partial charge in [0.2, 0.25) is 5.91 Å². The molecule has 1 aliphatic heterocycles. The fourth-order valence-corrected chi connectivity index (χ4v) is 1.82. The third kappa shape index (κ3) is 3.02. The maximum Gasteiger partial charge on any atom is 0.237 e. The van der Waals surface area contributed by atoms with Crippen molar-refractivity contribution >= 4 is 5.91 Å². The van der Waals surface area contributed by atoms with E-state index in [9.17, 15) is 4.79 Å². The van der Waals surface area contributed by atoms with Crippen LogP contribution < -0.4 is 10.6 Å². The van der Waals surface area contributed by atoms with E-state index in [0.29, 0.717) is 12.2 Å². The van der Waals surface area contributed by atoms with E-state index in [1.54, 1.807) is 18.3 Å². The van der Waals surface area contributed by atoms with Gasteiger partial charge in [-0.1, -0.05) is 6.07 Å². The summed E-state index contributed by atoms with van der Waals surface area (Å²) in [6, 6.07) is 5.35. The molecule has 5 nitrogen and oxygen atoms in total. The first-order valence-corrected chi connectivity index (χ1v) is 5.66. The number of pyridine rings is 1. The summed E-state index contributed by atoms with van der Waals surface area (Å²) in [4.78, 5) is 15.6. The third-order valence-electron chi connectivity index (χ3n) is 2.78. The number of nitrogens with one attached hydrogen (secondary N) is 2.